The van der Waals surface area contributed by atoms with Gasteiger partial charge in [0.15, 0.2) is 0 Å². The number of rotatable bonds is 2. The van der Waals surface area contributed by atoms with Crippen LogP contribution in [0.25, 0.3) is 0 Å². The second-order valence-corrected chi connectivity index (χ2v) is 5.90. The first-order valence-electron chi connectivity index (χ1n) is 4.18. The molecule has 0 aromatic heterocycles. The molecule has 0 fully saturated rings. The van der Waals surface area contributed by atoms with Crippen LogP contribution >= 0.6 is 0 Å². The molecule has 0 saturated heterocycles. The summed E-state index contributed by atoms with van der Waals surface area (Å²) in [5.74, 6) is -15.6. The van der Waals surface area contributed by atoms with Crippen LogP contribution in [0.5, 0.6) is 0 Å². The van der Waals surface area contributed by atoms with Crippen LogP contribution in [0.15, 0.2) is 0 Å². The summed E-state index contributed by atoms with van der Waals surface area (Å²) in [7, 11) is 0. The Hall–Kier alpha value is 0.319. The maximum absolute atomic E-state index is 7.72. The molecule has 0 aliphatic carbocycles. The molecule has 0 aromatic rings. The van der Waals surface area contributed by atoms with Crippen molar-refractivity contribution in [1.29, 1.82) is 0 Å². The molecule has 0 aromatic carbocycles. The molecule has 118 valence electrons. The third-order valence-corrected chi connectivity index (χ3v) is 0.900. The SMILES string of the molecule is OC(O)(O)C(O)(O)O.OC(O)(O)C(O)(O)O.[CH3][Sn][CH3]. The van der Waals surface area contributed by atoms with Crippen LogP contribution in [0.1, 0.15) is 0 Å². The van der Waals surface area contributed by atoms with Crippen molar-refractivity contribution >= 4 is 21.1 Å². The first-order valence-corrected chi connectivity index (χ1v) is 9.89. The van der Waals surface area contributed by atoms with E-state index in [1.165, 1.54) is 0 Å². The molecule has 0 aliphatic rings. The fraction of sp³-hybridized carbons (Fsp3) is 1.00. The van der Waals surface area contributed by atoms with Crippen molar-refractivity contribution in [2.24, 2.45) is 0 Å². The van der Waals surface area contributed by atoms with E-state index in [0.29, 0.717) is 0 Å². The van der Waals surface area contributed by atoms with E-state index in [1.54, 1.807) is 0 Å². The van der Waals surface area contributed by atoms with Gasteiger partial charge in [-0.1, -0.05) is 0 Å². The normalized spacial score (nSPS) is 12.9. The molecule has 12 nitrogen and oxygen atoms in total. The van der Waals surface area contributed by atoms with Crippen molar-refractivity contribution in [2.75, 3.05) is 0 Å². The van der Waals surface area contributed by atoms with E-state index in [-0.39, 0.29) is 21.1 Å². The van der Waals surface area contributed by atoms with Crippen molar-refractivity contribution < 1.29 is 61.3 Å². The molecule has 0 bridgehead atoms. The average molecular weight is 401 g/mol. The molecule has 0 saturated carbocycles. The van der Waals surface area contributed by atoms with Crippen molar-refractivity contribution in [3.63, 3.8) is 0 Å². The zero-order chi connectivity index (χ0) is 16.7. The van der Waals surface area contributed by atoms with E-state index in [2.05, 4.69) is 9.88 Å². The van der Waals surface area contributed by atoms with Crippen LogP contribution in [0.2, 0.25) is 9.88 Å². The maximum atomic E-state index is 7.72. The number of aliphatic hydroxyl groups is 12. The fourth-order valence-corrected chi connectivity index (χ4v) is 0. The predicted molar refractivity (Wildman–Crippen MR) is 55.0 cm³/mol. The van der Waals surface area contributed by atoms with Crippen LogP contribution in [0.3, 0.4) is 0 Å². The van der Waals surface area contributed by atoms with Crippen LogP contribution < -0.4 is 0 Å². The third-order valence-electron chi connectivity index (χ3n) is 0.900. The van der Waals surface area contributed by atoms with Gasteiger partial charge >= 0.3 is 54.9 Å². The summed E-state index contributed by atoms with van der Waals surface area (Å²) in [6.45, 7) is 0. The molecular weight excluding hydrogens is 383 g/mol. The molecule has 0 unspecified atom stereocenters. The first kappa shape index (κ1) is 24.3. The van der Waals surface area contributed by atoms with Gasteiger partial charge in [0.05, 0.1) is 0 Å². The monoisotopic (exact) mass is 402 g/mol. The molecule has 0 aliphatic heterocycles. The zero-order valence-corrected chi connectivity index (χ0v) is 12.7. The van der Waals surface area contributed by atoms with Crippen molar-refractivity contribution in [3.05, 3.63) is 0 Å². The van der Waals surface area contributed by atoms with Crippen molar-refractivity contribution in [2.45, 2.75) is 33.8 Å². The Morgan fingerprint density at radius 2 is 0.474 bits per heavy atom. The van der Waals surface area contributed by atoms with E-state index in [4.69, 9.17) is 61.3 Å². The van der Waals surface area contributed by atoms with E-state index >= 15 is 0 Å². The van der Waals surface area contributed by atoms with Gasteiger partial charge in [-0.15, -0.1) is 0 Å². The molecule has 0 atom stereocenters. The summed E-state index contributed by atoms with van der Waals surface area (Å²) < 4.78 is 0. The van der Waals surface area contributed by atoms with E-state index < -0.39 is 23.9 Å². The second kappa shape index (κ2) is 8.57. The van der Waals surface area contributed by atoms with Gasteiger partial charge < -0.3 is 61.3 Å². The van der Waals surface area contributed by atoms with E-state index in [0.717, 1.165) is 0 Å². The number of hydrogen-bond acceptors (Lipinski definition) is 12. The predicted octanol–water partition coefficient (Wildman–Crippen LogP) is -6.72. The summed E-state index contributed by atoms with van der Waals surface area (Å²) in [6, 6.07) is 0. The Kier molecular flexibility index (Phi) is 11.0. The minimum atomic E-state index is -3.90. The minimum absolute atomic E-state index is 0.230. The summed E-state index contributed by atoms with van der Waals surface area (Å²) in [6.07, 6.45) is 0. The summed E-state index contributed by atoms with van der Waals surface area (Å²) >= 11 is 0.230. The Morgan fingerprint density at radius 1 is 0.421 bits per heavy atom. The van der Waals surface area contributed by atoms with Gasteiger partial charge in [0, 0.05) is 0 Å². The molecule has 13 heteroatoms. The first-order chi connectivity index (χ1) is 7.91. The standard InChI is InChI=1S/2C2H6O6.2CH3.Sn/c2*3-1(4,5)2(6,7)8;;;/h2*3-8H;2*1H3;. The van der Waals surface area contributed by atoms with Gasteiger partial charge in [-0.3, -0.25) is 0 Å². The molecule has 0 amide bonds. The molecule has 2 radical (unpaired) electrons. The molecule has 0 spiro atoms. The molecule has 0 rings (SSSR count). The van der Waals surface area contributed by atoms with Crippen LogP contribution in [0, 0.1) is 0 Å². The second-order valence-electron chi connectivity index (χ2n) is 3.04. The van der Waals surface area contributed by atoms with Gasteiger partial charge in [-0.05, 0) is 0 Å². The van der Waals surface area contributed by atoms with Gasteiger partial charge in [0.2, 0.25) is 0 Å². The summed E-state index contributed by atoms with van der Waals surface area (Å²) in [5, 5.41) is 92.6. The van der Waals surface area contributed by atoms with Crippen molar-refractivity contribution in [1.82, 2.24) is 0 Å². The fourth-order valence-electron chi connectivity index (χ4n) is 0. The summed E-state index contributed by atoms with van der Waals surface area (Å²) in [5.41, 5.74) is 0. The Balaban J connectivity index is -0.000000224. The van der Waals surface area contributed by atoms with Gasteiger partial charge in [0.1, 0.15) is 0 Å². The average Bonchev–Trinajstić information content (AvgIpc) is 1.97. The third kappa shape index (κ3) is 14.5. The van der Waals surface area contributed by atoms with Crippen molar-refractivity contribution in [3.8, 4) is 0 Å². The summed E-state index contributed by atoms with van der Waals surface area (Å²) in [4.78, 5) is 4.59. The topological polar surface area (TPSA) is 243 Å². The zero-order valence-electron chi connectivity index (χ0n) is 9.87. The molecule has 12 N–H and O–H groups in total. The molecule has 0 heterocycles. The van der Waals surface area contributed by atoms with Crippen LogP contribution in [-0.2, 0) is 0 Å². The van der Waals surface area contributed by atoms with E-state index in [9.17, 15) is 0 Å². The molecular formula is C6H18O12Sn. The van der Waals surface area contributed by atoms with Crippen LogP contribution in [0.4, 0.5) is 0 Å². The Morgan fingerprint density at radius 3 is 0.474 bits per heavy atom. The van der Waals surface area contributed by atoms with Gasteiger partial charge in [-0.25, -0.2) is 0 Å². The van der Waals surface area contributed by atoms with Gasteiger partial charge in [0.25, 0.3) is 0 Å². The van der Waals surface area contributed by atoms with Gasteiger partial charge in [-0.2, -0.15) is 0 Å². The van der Waals surface area contributed by atoms with Crippen LogP contribution in [-0.4, -0.2) is 106 Å². The van der Waals surface area contributed by atoms with E-state index in [1.807, 2.05) is 0 Å². The quantitative estimate of drug-likeness (QED) is 0.153. The Bertz CT molecular complexity index is 168. The number of hydrogen-bond donors (Lipinski definition) is 12. The Labute approximate surface area is 116 Å². The molecule has 19 heavy (non-hydrogen) atoms.